The summed E-state index contributed by atoms with van der Waals surface area (Å²) in [5.41, 5.74) is 3.31. The molecule has 0 amide bonds. The van der Waals surface area contributed by atoms with Gasteiger partial charge in [0.05, 0.1) is 0 Å². The minimum Gasteiger partial charge on any atom is -0.454 e. The zero-order valence-electron chi connectivity index (χ0n) is 10.1. The Hall–Kier alpha value is -1.75. The van der Waals surface area contributed by atoms with E-state index in [0.29, 0.717) is 11.5 Å². The SMILES string of the molecule is CC1=CS(=O)(=O)C=C1c1cc2c(cc1C)OCO2. The first kappa shape index (κ1) is 11.3. The molecule has 0 saturated carbocycles. The van der Waals surface area contributed by atoms with Crippen LogP contribution in [0, 0.1) is 6.92 Å². The van der Waals surface area contributed by atoms with Crippen LogP contribution in [0.2, 0.25) is 0 Å². The number of hydrogen-bond acceptors (Lipinski definition) is 4. The predicted molar refractivity (Wildman–Crippen MR) is 68.0 cm³/mol. The molecule has 0 unspecified atom stereocenters. The zero-order valence-corrected chi connectivity index (χ0v) is 10.9. The number of aryl methyl sites for hydroxylation is 1. The van der Waals surface area contributed by atoms with E-state index in [4.69, 9.17) is 9.47 Å². The lowest BCUT2D eigenvalue weighted by Gasteiger charge is -2.09. The molecule has 1 aromatic carbocycles. The maximum atomic E-state index is 11.6. The van der Waals surface area contributed by atoms with E-state index in [9.17, 15) is 8.42 Å². The maximum Gasteiger partial charge on any atom is 0.231 e. The van der Waals surface area contributed by atoms with Crippen LogP contribution in [0.1, 0.15) is 18.1 Å². The van der Waals surface area contributed by atoms with E-state index in [1.165, 1.54) is 10.8 Å². The smallest absolute Gasteiger partial charge is 0.231 e. The fourth-order valence-electron chi connectivity index (χ4n) is 2.21. The third-order valence-electron chi connectivity index (χ3n) is 3.06. The average Bonchev–Trinajstić information content (AvgIpc) is 2.80. The number of ether oxygens (including phenoxy) is 2. The van der Waals surface area contributed by atoms with Gasteiger partial charge >= 0.3 is 0 Å². The monoisotopic (exact) mass is 264 g/mol. The molecule has 94 valence electrons. The summed E-state index contributed by atoms with van der Waals surface area (Å²) < 4.78 is 33.7. The van der Waals surface area contributed by atoms with Gasteiger partial charge in [-0.2, -0.15) is 0 Å². The van der Waals surface area contributed by atoms with Gasteiger partial charge in [-0.3, -0.25) is 0 Å². The molecule has 3 rings (SSSR count). The summed E-state index contributed by atoms with van der Waals surface area (Å²) in [6.07, 6.45) is 0. The topological polar surface area (TPSA) is 52.6 Å². The molecule has 0 fully saturated rings. The molecule has 0 aromatic heterocycles. The molecule has 0 spiro atoms. The van der Waals surface area contributed by atoms with Crippen molar-refractivity contribution in [2.75, 3.05) is 6.79 Å². The van der Waals surface area contributed by atoms with Crippen molar-refractivity contribution in [3.63, 3.8) is 0 Å². The lowest BCUT2D eigenvalue weighted by atomic mass is 9.97. The maximum absolute atomic E-state index is 11.6. The number of fused-ring (bicyclic) bond motifs is 1. The third kappa shape index (κ3) is 1.71. The minimum atomic E-state index is -3.22. The van der Waals surface area contributed by atoms with Gasteiger partial charge < -0.3 is 9.47 Å². The van der Waals surface area contributed by atoms with Crippen LogP contribution in [0.15, 0.2) is 28.5 Å². The molecule has 0 atom stereocenters. The fraction of sp³-hybridized carbons (Fsp3) is 0.231. The predicted octanol–water partition coefficient (Wildman–Crippen LogP) is 2.40. The summed E-state index contributed by atoms with van der Waals surface area (Å²) in [5, 5.41) is 2.58. The van der Waals surface area contributed by atoms with Crippen LogP contribution in [0.25, 0.3) is 5.57 Å². The van der Waals surface area contributed by atoms with Crippen LogP contribution < -0.4 is 9.47 Å². The van der Waals surface area contributed by atoms with Gasteiger partial charge in [0.15, 0.2) is 21.3 Å². The van der Waals surface area contributed by atoms with E-state index in [-0.39, 0.29) is 6.79 Å². The van der Waals surface area contributed by atoms with Crippen LogP contribution in [-0.2, 0) is 9.84 Å². The first-order chi connectivity index (χ1) is 8.46. The summed E-state index contributed by atoms with van der Waals surface area (Å²) in [5.74, 6) is 1.37. The molecule has 5 heteroatoms. The standard InChI is InChI=1S/C13H12O4S/c1-8-3-12-13(17-7-16-12)4-10(8)11-6-18(14,15)5-9(11)2/h3-6H,7H2,1-2H3. The largest absolute Gasteiger partial charge is 0.454 e. The van der Waals surface area contributed by atoms with Crippen molar-refractivity contribution < 1.29 is 17.9 Å². The van der Waals surface area contributed by atoms with Crippen molar-refractivity contribution in [2.45, 2.75) is 13.8 Å². The zero-order chi connectivity index (χ0) is 12.9. The third-order valence-corrected chi connectivity index (χ3v) is 4.30. The van der Waals surface area contributed by atoms with Crippen molar-refractivity contribution in [3.8, 4) is 11.5 Å². The Morgan fingerprint density at radius 1 is 1.06 bits per heavy atom. The quantitative estimate of drug-likeness (QED) is 0.781. The summed E-state index contributed by atoms with van der Waals surface area (Å²) >= 11 is 0. The van der Waals surface area contributed by atoms with Crippen molar-refractivity contribution >= 4 is 15.4 Å². The van der Waals surface area contributed by atoms with Gasteiger partial charge in [0.1, 0.15) is 0 Å². The van der Waals surface area contributed by atoms with Crippen molar-refractivity contribution in [1.29, 1.82) is 0 Å². The molecule has 0 saturated heterocycles. The summed E-state index contributed by atoms with van der Waals surface area (Å²) in [6, 6.07) is 3.71. The number of allylic oxidation sites excluding steroid dienone is 2. The average molecular weight is 264 g/mol. The molecule has 4 nitrogen and oxygen atoms in total. The van der Waals surface area contributed by atoms with Crippen molar-refractivity contribution in [2.24, 2.45) is 0 Å². The van der Waals surface area contributed by atoms with E-state index in [0.717, 1.165) is 22.3 Å². The van der Waals surface area contributed by atoms with Gasteiger partial charge in [-0.15, -0.1) is 0 Å². The van der Waals surface area contributed by atoms with Crippen LogP contribution in [0.3, 0.4) is 0 Å². The molecule has 2 aliphatic rings. The van der Waals surface area contributed by atoms with Crippen molar-refractivity contribution in [3.05, 3.63) is 39.6 Å². The second-order valence-electron chi connectivity index (χ2n) is 4.44. The number of rotatable bonds is 1. The number of sulfone groups is 1. The van der Waals surface area contributed by atoms with Gasteiger partial charge in [0, 0.05) is 10.8 Å². The van der Waals surface area contributed by atoms with Crippen LogP contribution >= 0.6 is 0 Å². The van der Waals surface area contributed by atoms with E-state index >= 15 is 0 Å². The van der Waals surface area contributed by atoms with Gasteiger partial charge in [0.25, 0.3) is 0 Å². The Kier molecular flexibility index (Phi) is 2.28. The lowest BCUT2D eigenvalue weighted by Crippen LogP contribution is -1.92. The van der Waals surface area contributed by atoms with E-state index in [2.05, 4.69) is 0 Å². The molecule has 2 heterocycles. The van der Waals surface area contributed by atoms with Gasteiger partial charge in [-0.05, 0) is 48.3 Å². The molecule has 18 heavy (non-hydrogen) atoms. The normalized spacial score (nSPS) is 19.7. The van der Waals surface area contributed by atoms with Gasteiger partial charge in [-0.25, -0.2) is 8.42 Å². The molecule has 0 N–H and O–H groups in total. The van der Waals surface area contributed by atoms with E-state index < -0.39 is 9.84 Å². The molecule has 0 aliphatic carbocycles. The number of hydrogen-bond donors (Lipinski definition) is 0. The molecular formula is C13H12O4S. The van der Waals surface area contributed by atoms with Crippen LogP contribution in [-0.4, -0.2) is 15.2 Å². The second-order valence-corrected chi connectivity index (χ2v) is 6.09. The Morgan fingerprint density at radius 2 is 1.72 bits per heavy atom. The molecular weight excluding hydrogens is 252 g/mol. The molecule has 0 bridgehead atoms. The van der Waals surface area contributed by atoms with Gasteiger partial charge in [-0.1, -0.05) is 0 Å². The van der Waals surface area contributed by atoms with Crippen molar-refractivity contribution in [1.82, 2.24) is 0 Å². The highest BCUT2D eigenvalue weighted by atomic mass is 32.2. The second kappa shape index (κ2) is 3.62. The Labute approximate surface area is 105 Å². The fourth-order valence-corrected chi connectivity index (χ4v) is 3.54. The molecule has 0 radical (unpaired) electrons. The Bertz CT molecular complexity index is 696. The van der Waals surface area contributed by atoms with Gasteiger partial charge in [0.2, 0.25) is 6.79 Å². The summed E-state index contributed by atoms with van der Waals surface area (Å²) in [7, 11) is -3.22. The first-order valence-electron chi connectivity index (χ1n) is 5.52. The lowest BCUT2D eigenvalue weighted by molar-refractivity contribution is 0.174. The summed E-state index contributed by atoms with van der Waals surface area (Å²) in [6.45, 7) is 3.93. The highest BCUT2D eigenvalue weighted by Gasteiger charge is 2.23. The highest BCUT2D eigenvalue weighted by Crippen LogP contribution is 2.40. The molecule has 1 aromatic rings. The highest BCUT2D eigenvalue weighted by molar-refractivity contribution is 7.97. The minimum absolute atomic E-state index is 0.213. The van der Waals surface area contributed by atoms with Crippen LogP contribution in [0.4, 0.5) is 0 Å². The molecule has 2 aliphatic heterocycles. The van der Waals surface area contributed by atoms with E-state index in [1.54, 1.807) is 6.92 Å². The Morgan fingerprint density at radius 3 is 2.33 bits per heavy atom. The summed E-state index contributed by atoms with van der Waals surface area (Å²) in [4.78, 5) is 0. The van der Waals surface area contributed by atoms with E-state index in [1.807, 2.05) is 19.1 Å². The number of benzene rings is 1. The Balaban J connectivity index is 2.18. The first-order valence-corrected chi connectivity index (χ1v) is 7.13. The van der Waals surface area contributed by atoms with Crippen LogP contribution in [0.5, 0.6) is 11.5 Å².